The highest BCUT2D eigenvalue weighted by molar-refractivity contribution is 9.10. The first-order valence-electron chi connectivity index (χ1n) is 12.7. The number of hydrogen-bond donors (Lipinski definition) is 2. The molecule has 202 valence electrons. The lowest BCUT2D eigenvalue weighted by atomic mass is 9.93. The Bertz CT molecular complexity index is 1360. The summed E-state index contributed by atoms with van der Waals surface area (Å²) >= 11 is 9.57. The Morgan fingerprint density at radius 1 is 1.13 bits per heavy atom. The third kappa shape index (κ3) is 6.26. The number of rotatable bonds is 8. The van der Waals surface area contributed by atoms with Gasteiger partial charge in [-0.25, -0.2) is 13.8 Å². The van der Waals surface area contributed by atoms with E-state index in [0.717, 1.165) is 66.8 Å². The summed E-state index contributed by atoms with van der Waals surface area (Å²) in [6.45, 7) is 3.45. The molecule has 6 nitrogen and oxygen atoms in total. The molecule has 4 rings (SSSR count). The molecule has 1 aliphatic heterocycles. The van der Waals surface area contributed by atoms with Crippen molar-refractivity contribution in [3.05, 3.63) is 68.2 Å². The predicted octanol–water partition coefficient (Wildman–Crippen LogP) is 7.00. The van der Waals surface area contributed by atoms with E-state index in [1.54, 1.807) is 0 Å². The molecule has 2 aromatic carbocycles. The molecule has 3 aromatic rings. The van der Waals surface area contributed by atoms with Crippen molar-refractivity contribution >= 4 is 56.1 Å². The van der Waals surface area contributed by atoms with Gasteiger partial charge in [0.1, 0.15) is 17.5 Å². The molecule has 1 amide bonds. The van der Waals surface area contributed by atoms with Crippen LogP contribution in [0.15, 0.2) is 34.8 Å². The van der Waals surface area contributed by atoms with Gasteiger partial charge in [0.2, 0.25) is 0 Å². The van der Waals surface area contributed by atoms with Gasteiger partial charge in [-0.15, -0.1) is 0 Å². The van der Waals surface area contributed by atoms with Crippen molar-refractivity contribution in [1.82, 2.24) is 10.3 Å². The summed E-state index contributed by atoms with van der Waals surface area (Å²) in [6.07, 6.45) is 4.08. The van der Waals surface area contributed by atoms with E-state index in [9.17, 15) is 23.5 Å². The summed E-state index contributed by atoms with van der Waals surface area (Å²) < 4.78 is 29.7. The molecule has 0 aliphatic carbocycles. The van der Waals surface area contributed by atoms with Crippen LogP contribution in [0.4, 0.5) is 14.6 Å². The van der Waals surface area contributed by atoms with Gasteiger partial charge in [0.25, 0.3) is 5.91 Å². The summed E-state index contributed by atoms with van der Waals surface area (Å²) in [6, 6.07) is 7.44. The molecule has 1 aliphatic rings. The number of nitrogens with zero attached hydrogens (tertiary/aromatic N) is 2. The summed E-state index contributed by atoms with van der Waals surface area (Å²) in [7, 11) is 0. The number of aliphatic carboxylic acids is 1. The predicted molar refractivity (Wildman–Crippen MR) is 148 cm³/mol. The number of carbonyl (C=O) groups excluding carboxylic acids is 1. The summed E-state index contributed by atoms with van der Waals surface area (Å²) in [5, 5.41) is 12.3. The van der Waals surface area contributed by atoms with Crippen molar-refractivity contribution in [2.45, 2.75) is 51.4 Å². The van der Waals surface area contributed by atoms with Crippen LogP contribution in [0.3, 0.4) is 0 Å². The van der Waals surface area contributed by atoms with Crippen LogP contribution in [0.25, 0.3) is 10.9 Å². The maximum absolute atomic E-state index is 14.7. The lowest BCUT2D eigenvalue weighted by Gasteiger charge is -2.26. The van der Waals surface area contributed by atoms with Gasteiger partial charge >= 0.3 is 5.97 Å². The van der Waals surface area contributed by atoms with Crippen molar-refractivity contribution in [1.29, 1.82) is 0 Å². The molecule has 2 N–H and O–H groups in total. The number of fused-ring (bicyclic) bond motifs is 1. The van der Waals surface area contributed by atoms with Crippen LogP contribution in [-0.4, -0.2) is 41.6 Å². The van der Waals surface area contributed by atoms with Gasteiger partial charge in [-0.2, -0.15) is 0 Å². The average Bonchev–Trinajstić information content (AvgIpc) is 3.16. The van der Waals surface area contributed by atoms with Crippen LogP contribution in [0.5, 0.6) is 0 Å². The number of hydrogen-bond acceptors (Lipinski definition) is 4. The van der Waals surface area contributed by atoms with Gasteiger partial charge in [-0.05, 0) is 56.5 Å². The standard InChI is InChI=1S/C28H29BrClF2N3O3/c1-16-24(19-14-18(29)7-10-22(19)34-27(16)35-12-4-2-3-5-13-35)28(38)33-15-17(6-11-23(36)37)25-20(31)8-9-21(32)26(25)30/h7-10,14,17H,2-6,11-13,15H2,1H3,(H,33,38)(H,36,37)/t17-/m0/s1. The Labute approximate surface area is 233 Å². The molecule has 1 aromatic heterocycles. The number of aromatic nitrogens is 1. The molecule has 0 radical (unpaired) electrons. The fraction of sp³-hybridized carbons (Fsp3) is 0.393. The number of carbonyl (C=O) groups is 2. The maximum atomic E-state index is 14.7. The molecular formula is C28H29BrClF2N3O3. The van der Waals surface area contributed by atoms with Crippen LogP contribution in [0.1, 0.15) is 65.9 Å². The Hall–Kier alpha value is -2.78. The number of carboxylic acid groups (broad SMARTS) is 1. The van der Waals surface area contributed by atoms with E-state index in [4.69, 9.17) is 16.6 Å². The van der Waals surface area contributed by atoms with E-state index in [1.165, 1.54) is 0 Å². The maximum Gasteiger partial charge on any atom is 0.303 e. The zero-order valence-electron chi connectivity index (χ0n) is 21.0. The van der Waals surface area contributed by atoms with Crippen molar-refractivity contribution in [2.24, 2.45) is 0 Å². The highest BCUT2D eigenvalue weighted by Gasteiger charge is 2.26. The van der Waals surface area contributed by atoms with Crippen molar-refractivity contribution in [3.8, 4) is 0 Å². The lowest BCUT2D eigenvalue weighted by Crippen LogP contribution is -2.31. The van der Waals surface area contributed by atoms with Crippen molar-refractivity contribution in [3.63, 3.8) is 0 Å². The van der Waals surface area contributed by atoms with Gasteiger partial charge in [0.05, 0.1) is 16.1 Å². The highest BCUT2D eigenvalue weighted by atomic mass is 79.9. The molecule has 1 atom stereocenters. The Balaban J connectivity index is 1.71. The first-order valence-corrected chi connectivity index (χ1v) is 13.8. The second-order valence-corrected chi connectivity index (χ2v) is 10.9. The summed E-state index contributed by atoms with van der Waals surface area (Å²) in [5.41, 5.74) is 1.70. The lowest BCUT2D eigenvalue weighted by molar-refractivity contribution is -0.137. The number of anilines is 1. The third-order valence-electron chi connectivity index (χ3n) is 7.00. The zero-order valence-corrected chi connectivity index (χ0v) is 23.3. The van der Waals surface area contributed by atoms with Crippen molar-refractivity contribution in [2.75, 3.05) is 24.5 Å². The van der Waals surface area contributed by atoms with Crippen LogP contribution >= 0.6 is 27.5 Å². The minimum Gasteiger partial charge on any atom is -0.481 e. The molecule has 1 fully saturated rings. The third-order valence-corrected chi connectivity index (χ3v) is 7.88. The number of amides is 1. The molecule has 10 heteroatoms. The Kier molecular flexibility index (Phi) is 9.20. The summed E-state index contributed by atoms with van der Waals surface area (Å²) in [5.74, 6) is -3.14. The first kappa shape index (κ1) is 28.2. The fourth-order valence-corrected chi connectivity index (χ4v) is 5.74. The van der Waals surface area contributed by atoms with Gasteiger partial charge in [0.15, 0.2) is 0 Å². The molecule has 0 saturated carbocycles. The second kappa shape index (κ2) is 12.4. The van der Waals surface area contributed by atoms with Crippen LogP contribution in [0.2, 0.25) is 5.02 Å². The molecule has 2 heterocycles. The molecular weight excluding hydrogens is 580 g/mol. The van der Waals surface area contributed by atoms with E-state index in [1.807, 2.05) is 25.1 Å². The van der Waals surface area contributed by atoms with Gasteiger partial charge < -0.3 is 15.3 Å². The largest absolute Gasteiger partial charge is 0.481 e. The minimum atomic E-state index is -1.09. The van der Waals surface area contributed by atoms with E-state index < -0.39 is 34.5 Å². The quantitative estimate of drug-likeness (QED) is 0.269. The molecule has 0 unspecified atom stereocenters. The topological polar surface area (TPSA) is 82.5 Å². The van der Waals surface area contributed by atoms with E-state index in [-0.39, 0.29) is 24.9 Å². The number of pyridine rings is 1. The minimum absolute atomic E-state index is 0.0314. The average molecular weight is 609 g/mol. The van der Waals surface area contributed by atoms with Gasteiger partial charge in [-0.3, -0.25) is 9.59 Å². The van der Waals surface area contributed by atoms with Crippen LogP contribution in [-0.2, 0) is 4.79 Å². The first-order chi connectivity index (χ1) is 18.2. The van der Waals surface area contributed by atoms with E-state index in [0.29, 0.717) is 16.5 Å². The number of carboxylic acids is 1. The molecule has 0 spiro atoms. The highest BCUT2D eigenvalue weighted by Crippen LogP contribution is 2.34. The molecule has 1 saturated heterocycles. The van der Waals surface area contributed by atoms with Crippen LogP contribution < -0.4 is 10.2 Å². The van der Waals surface area contributed by atoms with Gasteiger partial charge in [-0.1, -0.05) is 40.4 Å². The number of halogens is 4. The summed E-state index contributed by atoms with van der Waals surface area (Å²) in [4.78, 5) is 32.1. The number of nitrogens with one attached hydrogen (secondary N) is 1. The second-order valence-electron chi connectivity index (χ2n) is 9.59. The van der Waals surface area contributed by atoms with Crippen molar-refractivity contribution < 1.29 is 23.5 Å². The van der Waals surface area contributed by atoms with E-state index in [2.05, 4.69) is 26.1 Å². The fourth-order valence-electron chi connectivity index (χ4n) is 5.07. The SMILES string of the molecule is Cc1c(N2CCCCCC2)nc2ccc(Br)cc2c1C(=O)NC[C@H](CCC(=O)O)c1c(F)ccc(F)c1Cl. The van der Waals surface area contributed by atoms with E-state index >= 15 is 0 Å². The normalized spacial score (nSPS) is 14.8. The van der Waals surface area contributed by atoms with Crippen LogP contribution in [0, 0.1) is 18.6 Å². The smallest absolute Gasteiger partial charge is 0.303 e. The monoisotopic (exact) mass is 607 g/mol. The zero-order chi connectivity index (χ0) is 27.4. The Morgan fingerprint density at radius 2 is 1.82 bits per heavy atom. The Morgan fingerprint density at radius 3 is 2.50 bits per heavy atom. The molecule has 38 heavy (non-hydrogen) atoms. The molecule has 0 bridgehead atoms. The number of benzene rings is 2. The van der Waals surface area contributed by atoms with Gasteiger partial charge in [0, 0.05) is 53.0 Å².